The van der Waals surface area contributed by atoms with E-state index in [1.54, 1.807) is 17.0 Å². The number of piperazine rings is 1. The molecule has 0 atom stereocenters. The number of hydrogen-bond donors (Lipinski definition) is 0. The third-order valence-electron chi connectivity index (χ3n) is 4.43. The predicted molar refractivity (Wildman–Crippen MR) is 100 cm³/mol. The topological polar surface area (TPSA) is 104 Å². The first-order chi connectivity index (χ1) is 13.5. The summed E-state index contributed by atoms with van der Waals surface area (Å²) in [5.74, 6) is 0.348. The van der Waals surface area contributed by atoms with Crippen LogP contribution in [0.25, 0.3) is 0 Å². The third-order valence-corrected chi connectivity index (χ3v) is 6.32. The van der Waals surface area contributed by atoms with Gasteiger partial charge in [-0.05, 0) is 36.8 Å². The van der Waals surface area contributed by atoms with E-state index in [1.807, 2.05) is 13.0 Å². The van der Waals surface area contributed by atoms with Crippen molar-refractivity contribution < 1.29 is 22.4 Å². The van der Waals surface area contributed by atoms with Crippen molar-refractivity contribution in [1.82, 2.24) is 9.21 Å². The second-order valence-corrected chi connectivity index (χ2v) is 8.23. The van der Waals surface area contributed by atoms with Crippen molar-refractivity contribution in [2.24, 2.45) is 0 Å². The summed E-state index contributed by atoms with van der Waals surface area (Å²) in [7, 11) is -3.77. The maximum Gasteiger partial charge on any atom is 0.289 e. The highest BCUT2D eigenvalue weighted by atomic mass is 32.2. The number of rotatable bonds is 6. The number of hydrogen-bond acceptors (Lipinski definition) is 6. The Kier molecular flexibility index (Phi) is 6.02. The van der Waals surface area contributed by atoms with Crippen molar-refractivity contribution in [2.45, 2.75) is 18.2 Å². The lowest BCUT2D eigenvalue weighted by molar-refractivity contribution is 0.0666. The Labute approximate surface area is 164 Å². The number of benzene rings is 1. The second kappa shape index (κ2) is 8.46. The molecule has 1 saturated heterocycles. The Bertz CT molecular complexity index is 971. The summed E-state index contributed by atoms with van der Waals surface area (Å²) in [6, 6.07) is 9.49. The highest BCUT2D eigenvalue weighted by molar-refractivity contribution is 7.89. The highest BCUT2D eigenvalue weighted by Gasteiger charge is 2.31. The average Bonchev–Trinajstić information content (AvgIpc) is 3.26. The summed E-state index contributed by atoms with van der Waals surface area (Å²) in [5, 5.41) is 9.31. The molecule has 1 aliphatic rings. The number of furan rings is 1. The largest absolute Gasteiger partial charge is 0.492 e. The molecule has 3 rings (SSSR count). The van der Waals surface area contributed by atoms with Crippen LogP contribution in [0.5, 0.6) is 5.75 Å². The van der Waals surface area contributed by atoms with Gasteiger partial charge < -0.3 is 14.1 Å². The van der Waals surface area contributed by atoms with Crippen molar-refractivity contribution in [3.8, 4) is 11.8 Å². The number of carbonyl (C=O) groups is 1. The molecule has 1 aromatic heterocycles. The Morgan fingerprint density at radius 3 is 2.61 bits per heavy atom. The maximum absolute atomic E-state index is 12.9. The molecule has 0 saturated carbocycles. The fraction of sp³-hybridized carbons (Fsp3) is 0.368. The normalized spacial score (nSPS) is 15.2. The van der Waals surface area contributed by atoms with Gasteiger partial charge in [-0.1, -0.05) is 6.92 Å². The number of nitrogens with zero attached hydrogens (tertiary/aromatic N) is 3. The molecule has 1 amide bonds. The fourth-order valence-corrected chi connectivity index (χ4v) is 4.38. The molecule has 0 unspecified atom stereocenters. The third kappa shape index (κ3) is 4.03. The van der Waals surface area contributed by atoms with Crippen molar-refractivity contribution in [3.05, 3.63) is 47.9 Å². The van der Waals surface area contributed by atoms with E-state index >= 15 is 0 Å². The van der Waals surface area contributed by atoms with Crippen molar-refractivity contribution in [3.63, 3.8) is 0 Å². The van der Waals surface area contributed by atoms with Gasteiger partial charge in [-0.3, -0.25) is 4.79 Å². The smallest absolute Gasteiger partial charge is 0.289 e. The van der Waals surface area contributed by atoms with Gasteiger partial charge in [-0.2, -0.15) is 9.57 Å². The fourth-order valence-electron chi connectivity index (χ4n) is 2.93. The van der Waals surface area contributed by atoms with Gasteiger partial charge in [-0.15, -0.1) is 0 Å². The molecular weight excluding hydrogens is 382 g/mol. The number of ether oxygens (including phenoxy) is 1. The molecule has 0 bridgehead atoms. The molecule has 1 fully saturated rings. The number of nitriles is 1. The molecule has 2 heterocycles. The Hall–Kier alpha value is -2.83. The Morgan fingerprint density at radius 1 is 1.25 bits per heavy atom. The van der Waals surface area contributed by atoms with E-state index in [9.17, 15) is 18.5 Å². The lowest BCUT2D eigenvalue weighted by Crippen LogP contribution is -2.50. The van der Waals surface area contributed by atoms with Crippen molar-refractivity contribution in [1.29, 1.82) is 5.26 Å². The SMILES string of the molecule is CCCOc1ccc(S(=O)(=O)N2CCN(C(=O)c3ccco3)CC2)cc1C#N. The molecule has 1 aromatic carbocycles. The zero-order valence-corrected chi connectivity index (χ0v) is 16.3. The zero-order chi connectivity index (χ0) is 20.1. The summed E-state index contributed by atoms with van der Waals surface area (Å²) in [6.45, 7) is 3.27. The van der Waals surface area contributed by atoms with E-state index in [-0.39, 0.29) is 48.3 Å². The van der Waals surface area contributed by atoms with E-state index < -0.39 is 10.0 Å². The maximum atomic E-state index is 12.9. The van der Waals surface area contributed by atoms with Crippen LogP contribution in [0.1, 0.15) is 29.5 Å². The second-order valence-electron chi connectivity index (χ2n) is 6.29. The Balaban J connectivity index is 1.72. The number of carbonyl (C=O) groups excluding carboxylic acids is 1. The lowest BCUT2D eigenvalue weighted by Gasteiger charge is -2.33. The molecule has 8 nitrogen and oxygen atoms in total. The minimum absolute atomic E-state index is 0.0405. The molecule has 0 aliphatic carbocycles. The first kappa shape index (κ1) is 19.9. The first-order valence-electron chi connectivity index (χ1n) is 8.97. The summed E-state index contributed by atoms with van der Waals surface area (Å²) in [6.07, 6.45) is 2.21. The van der Waals surface area contributed by atoms with Gasteiger partial charge in [0.05, 0.1) is 23.3 Å². The van der Waals surface area contributed by atoms with Gasteiger partial charge in [0.2, 0.25) is 10.0 Å². The van der Waals surface area contributed by atoms with Gasteiger partial charge in [0.25, 0.3) is 5.91 Å². The summed E-state index contributed by atoms with van der Waals surface area (Å²) >= 11 is 0. The molecule has 9 heteroatoms. The van der Waals surface area contributed by atoms with Crippen LogP contribution in [0, 0.1) is 11.3 Å². The summed E-state index contributed by atoms with van der Waals surface area (Å²) in [5.41, 5.74) is 0.182. The molecular formula is C19H21N3O5S. The molecule has 0 spiro atoms. The van der Waals surface area contributed by atoms with Crippen LogP contribution >= 0.6 is 0 Å². The standard InChI is InChI=1S/C19H21N3O5S/c1-2-11-26-17-6-5-16(13-15(17)14-20)28(24,25)22-9-7-21(8-10-22)19(23)18-4-3-12-27-18/h3-6,12-13H,2,7-11H2,1H3. The van der Waals surface area contributed by atoms with E-state index in [2.05, 4.69) is 0 Å². The number of sulfonamides is 1. The number of amides is 1. The minimum atomic E-state index is -3.77. The quantitative estimate of drug-likeness (QED) is 0.731. The Morgan fingerprint density at radius 2 is 2.00 bits per heavy atom. The predicted octanol–water partition coefficient (Wildman–Crippen LogP) is 2.09. The van der Waals surface area contributed by atoms with Gasteiger partial charge in [0.15, 0.2) is 5.76 Å². The summed E-state index contributed by atoms with van der Waals surface area (Å²) in [4.78, 5) is 13.9. The molecule has 148 valence electrons. The molecule has 28 heavy (non-hydrogen) atoms. The van der Waals surface area contributed by atoms with E-state index in [0.717, 1.165) is 6.42 Å². The van der Waals surface area contributed by atoms with Crippen LogP contribution in [0.2, 0.25) is 0 Å². The molecule has 2 aromatic rings. The van der Waals surface area contributed by atoms with Crippen LogP contribution in [-0.2, 0) is 10.0 Å². The van der Waals surface area contributed by atoms with Crippen molar-refractivity contribution in [2.75, 3.05) is 32.8 Å². The van der Waals surface area contributed by atoms with Crippen LogP contribution in [0.4, 0.5) is 0 Å². The first-order valence-corrected chi connectivity index (χ1v) is 10.4. The van der Waals surface area contributed by atoms with Gasteiger partial charge in [0, 0.05) is 26.2 Å². The van der Waals surface area contributed by atoms with Crippen LogP contribution < -0.4 is 4.74 Å². The zero-order valence-electron chi connectivity index (χ0n) is 15.5. The van der Waals surface area contributed by atoms with Crippen LogP contribution in [0.15, 0.2) is 45.9 Å². The summed E-state index contributed by atoms with van der Waals surface area (Å²) < 4.78 is 37.8. The van der Waals surface area contributed by atoms with E-state index in [0.29, 0.717) is 12.4 Å². The van der Waals surface area contributed by atoms with Gasteiger partial charge in [0.1, 0.15) is 11.8 Å². The average molecular weight is 403 g/mol. The molecule has 1 aliphatic heterocycles. The van der Waals surface area contributed by atoms with Crippen LogP contribution in [-0.4, -0.2) is 56.3 Å². The van der Waals surface area contributed by atoms with Gasteiger partial charge >= 0.3 is 0 Å². The molecule has 0 N–H and O–H groups in total. The van der Waals surface area contributed by atoms with E-state index in [1.165, 1.54) is 28.8 Å². The van der Waals surface area contributed by atoms with Crippen molar-refractivity contribution >= 4 is 15.9 Å². The van der Waals surface area contributed by atoms with Crippen LogP contribution in [0.3, 0.4) is 0 Å². The minimum Gasteiger partial charge on any atom is -0.492 e. The lowest BCUT2D eigenvalue weighted by atomic mass is 10.2. The molecule has 0 radical (unpaired) electrons. The monoisotopic (exact) mass is 403 g/mol. The van der Waals surface area contributed by atoms with Gasteiger partial charge in [-0.25, -0.2) is 8.42 Å². The van der Waals surface area contributed by atoms with E-state index in [4.69, 9.17) is 9.15 Å². The highest BCUT2D eigenvalue weighted by Crippen LogP contribution is 2.25.